The predicted octanol–water partition coefficient (Wildman–Crippen LogP) is 9.28. The minimum Gasteiger partial charge on any atom is -0.261 e. The number of allylic oxidation sites excluding steroid dienone is 6. The molecule has 0 aliphatic heterocycles. The second kappa shape index (κ2) is 14.3. The molecule has 1 rings (SSSR count). The van der Waals surface area contributed by atoms with Crippen molar-refractivity contribution in [2.45, 2.75) is 69.2 Å². The third-order valence-electron chi connectivity index (χ3n) is 5.08. The molecule has 4 nitrogen and oxygen atoms in total. The highest BCUT2D eigenvalue weighted by Crippen LogP contribution is 2.58. The van der Waals surface area contributed by atoms with Crippen LogP contribution in [0.1, 0.15) is 33.3 Å². The van der Waals surface area contributed by atoms with Crippen molar-refractivity contribution in [3.8, 4) is 0 Å². The van der Waals surface area contributed by atoms with Crippen LogP contribution in [0.15, 0.2) is 65.4 Å². The second-order valence-corrected chi connectivity index (χ2v) is 9.97. The fourth-order valence-electron chi connectivity index (χ4n) is 2.56. The van der Waals surface area contributed by atoms with Crippen molar-refractivity contribution in [3.05, 3.63) is 65.8 Å². The number of halogens is 15. The molecule has 0 heterocycles. The minimum atomic E-state index is -8.07. The molecular formula is C24H22F15NO3S. The van der Waals surface area contributed by atoms with Crippen molar-refractivity contribution >= 4 is 21.4 Å². The van der Waals surface area contributed by atoms with E-state index in [-0.39, 0.29) is 22.8 Å². The predicted molar refractivity (Wildman–Crippen MR) is 129 cm³/mol. The van der Waals surface area contributed by atoms with Gasteiger partial charge in [-0.15, -0.1) is 0 Å². The van der Waals surface area contributed by atoms with E-state index in [4.69, 9.17) is 0 Å². The lowest BCUT2D eigenvalue weighted by Gasteiger charge is -2.38. The van der Waals surface area contributed by atoms with Gasteiger partial charge in [0.15, 0.2) is 5.71 Å². The molecule has 0 bridgehead atoms. The van der Waals surface area contributed by atoms with Gasteiger partial charge in [-0.05, 0) is 44.9 Å². The zero-order chi connectivity index (χ0) is 35.2. The molecule has 0 saturated carbocycles. The van der Waals surface area contributed by atoms with Crippen molar-refractivity contribution in [3.63, 3.8) is 0 Å². The topological polar surface area (TPSA) is 55.7 Å². The van der Waals surface area contributed by atoms with Gasteiger partial charge in [-0.25, -0.2) is 8.78 Å². The number of benzene rings is 1. The van der Waals surface area contributed by atoms with E-state index in [1.54, 1.807) is 5.16 Å². The fourth-order valence-corrected chi connectivity index (χ4v) is 2.82. The van der Waals surface area contributed by atoms with Crippen LogP contribution >= 0.6 is 0 Å². The summed E-state index contributed by atoms with van der Waals surface area (Å²) >= 11 is 0. The normalized spacial score (nSPS) is 14.6. The van der Waals surface area contributed by atoms with Crippen molar-refractivity contribution in [2.24, 2.45) is 5.16 Å². The standard InChI is InChI=1S/C20H14F15NO3S.C4H8/c1-10(2)12(11-6-4-3-5-7-11)8-9-13(36-39-40(37,38)20(33,34)35)15(23,24)17(27,28)19(31,32)18(29,30)16(25,26)14(21)22;1-3-4-2/h3-9,14H,1-2H3;3-4H,1-2H3/b9-8+,36-13?;4-3-. The summed E-state index contributed by atoms with van der Waals surface area (Å²) in [6, 6.07) is 6.48. The van der Waals surface area contributed by atoms with Gasteiger partial charge >= 0.3 is 51.7 Å². The van der Waals surface area contributed by atoms with Crippen LogP contribution in [0.2, 0.25) is 0 Å². The fraction of sp³-hybridized carbons (Fsp3) is 0.458. The number of hydrogen-bond acceptors (Lipinski definition) is 4. The SMILES string of the molecule is C/C=C\C.CC(C)=C(/C=C/C(=NOS(=O)(=O)C(F)(F)F)C(F)(F)C(F)(F)C(F)(F)C(F)(F)C(F)(F)C(F)F)c1ccccc1. The molecule has 20 heteroatoms. The molecule has 0 spiro atoms. The van der Waals surface area contributed by atoms with Crippen molar-refractivity contribution in [1.82, 2.24) is 0 Å². The van der Waals surface area contributed by atoms with Crippen LogP contribution in [0.5, 0.6) is 0 Å². The Labute approximate surface area is 240 Å². The van der Waals surface area contributed by atoms with Gasteiger partial charge in [0.05, 0.1) is 0 Å². The van der Waals surface area contributed by atoms with E-state index < -0.39 is 63.5 Å². The minimum absolute atomic E-state index is 0.0328. The van der Waals surface area contributed by atoms with Crippen LogP contribution < -0.4 is 0 Å². The van der Waals surface area contributed by atoms with Gasteiger partial charge < -0.3 is 0 Å². The number of rotatable bonds is 11. The smallest absolute Gasteiger partial charge is 0.261 e. The van der Waals surface area contributed by atoms with E-state index in [1.807, 2.05) is 26.0 Å². The average molecular weight is 689 g/mol. The van der Waals surface area contributed by atoms with Crippen molar-refractivity contribution in [1.29, 1.82) is 0 Å². The largest absolute Gasteiger partial charge is 0.536 e. The first-order chi connectivity index (χ1) is 19.6. The molecule has 0 unspecified atom stereocenters. The average Bonchev–Trinajstić information content (AvgIpc) is 2.89. The molecule has 0 aliphatic rings. The lowest BCUT2D eigenvalue weighted by atomic mass is 9.91. The van der Waals surface area contributed by atoms with Gasteiger partial charge in [-0.3, -0.25) is 4.28 Å². The highest BCUT2D eigenvalue weighted by atomic mass is 32.2. The third-order valence-corrected chi connectivity index (χ3v) is 5.92. The molecule has 0 atom stereocenters. The first kappa shape index (κ1) is 40.8. The van der Waals surface area contributed by atoms with Gasteiger partial charge in [-0.2, -0.15) is 65.5 Å². The highest BCUT2D eigenvalue weighted by molar-refractivity contribution is 7.87. The van der Waals surface area contributed by atoms with Crippen LogP contribution in [0.25, 0.3) is 5.57 Å². The first-order valence-corrected chi connectivity index (χ1v) is 12.8. The zero-order valence-corrected chi connectivity index (χ0v) is 23.3. The van der Waals surface area contributed by atoms with Gasteiger partial charge in [0, 0.05) is 0 Å². The van der Waals surface area contributed by atoms with Crippen LogP contribution in [-0.4, -0.2) is 55.7 Å². The Morgan fingerprint density at radius 1 is 0.750 bits per heavy atom. The maximum absolute atomic E-state index is 14.7. The van der Waals surface area contributed by atoms with Crippen molar-refractivity contribution in [2.75, 3.05) is 0 Å². The lowest BCUT2D eigenvalue weighted by Crippen LogP contribution is -2.69. The van der Waals surface area contributed by atoms with E-state index in [0.717, 1.165) is 0 Å². The third kappa shape index (κ3) is 8.29. The maximum atomic E-state index is 14.7. The Kier molecular flexibility index (Phi) is 13.2. The van der Waals surface area contributed by atoms with Crippen LogP contribution in [0.3, 0.4) is 0 Å². The summed E-state index contributed by atoms with van der Waals surface area (Å²) in [5.74, 6) is -38.3. The Morgan fingerprint density at radius 3 is 1.57 bits per heavy atom. The summed E-state index contributed by atoms with van der Waals surface area (Å²) in [7, 11) is -7.07. The van der Waals surface area contributed by atoms with E-state index in [0.29, 0.717) is 0 Å². The molecule has 0 amide bonds. The number of nitrogens with zero attached hydrogens (tertiary/aromatic N) is 1. The van der Waals surface area contributed by atoms with E-state index in [2.05, 4.69) is 4.28 Å². The summed E-state index contributed by atoms with van der Waals surface area (Å²) < 4.78 is 226. The molecular weight excluding hydrogens is 667 g/mol. The Morgan fingerprint density at radius 2 is 1.20 bits per heavy atom. The van der Waals surface area contributed by atoms with Crippen LogP contribution in [-0.2, 0) is 14.4 Å². The maximum Gasteiger partial charge on any atom is 0.536 e. The number of hydrogen-bond donors (Lipinski definition) is 0. The number of alkyl halides is 15. The molecule has 0 N–H and O–H groups in total. The summed E-state index contributed by atoms with van der Waals surface area (Å²) in [5, 5.41) is 1.57. The Balaban J connectivity index is 0.00000433. The highest BCUT2D eigenvalue weighted by Gasteiger charge is 2.88. The summed E-state index contributed by atoms with van der Waals surface area (Å²) in [6.07, 6.45) is -2.10. The molecule has 1 aromatic carbocycles. The van der Waals surface area contributed by atoms with E-state index >= 15 is 0 Å². The van der Waals surface area contributed by atoms with E-state index in [1.165, 1.54) is 44.2 Å². The summed E-state index contributed by atoms with van der Waals surface area (Å²) in [5.41, 5.74) is -9.88. The monoisotopic (exact) mass is 689 g/mol. The molecule has 1 aromatic rings. The second-order valence-electron chi connectivity index (χ2n) is 8.45. The summed E-state index contributed by atoms with van der Waals surface area (Å²) in [4.78, 5) is 0. The molecule has 0 aromatic heterocycles. The quantitative estimate of drug-likeness (QED) is 0.0582. The Bertz CT molecular complexity index is 1320. The number of oxime groups is 1. The molecule has 252 valence electrons. The lowest BCUT2D eigenvalue weighted by molar-refractivity contribution is -0.404. The first-order valence-electron chi connectivity index (χ1n) is 11.4. The van der Waals surface area contributed by atoms with Gasteiger partial charge in [0.2, 0.25) is 0 Å². The van der Waals surface area contributed by atoms with Gasteiger partial charge in [0.25, 0.3) is 0 Å². The molecule has 0 aliphatic carbocycles. The molecule has 0 radical (unpaired) electrons. The van der Waals surface area contributed by atoms with Crippen molar-refractivity contribution < 1.29 is 78.6 Å². The van der Waals surface area contributed by atoms with Gasteiger partial charge in [-0.1, -0.05) is 59.3 Å². The molecule has 44 heavy (non-hydrogen) atoms. The van der Waals surface area contributed by atoms with Gasteiger partial charge in [0.1, 0.15) is 0 Å². The van der Waals surface area contributed by atoms with E-state index in [9.17, 15) is 74.3 Å². The summed E-state index contributed by atoms with van der Waals surface area (Å²) in [6.45, 7) is 6.45. The molecule has 0 saturated heterocycles. The Hall–Kier alpha value is -3.19. The zero-order valence-electron chi connectivity index (χ0n) is 22.5. The van der Waals surface area contributed by atoms with Crippen LogP contribution in [0, 0.1) is 0 Å². The van der Waals surface area contributed by atoms with Crippen LogP contribution in [0.4, 0.5) is 65.9 Å². The molecule has 0 fully saturated rings.